The Morgan fingerprint density at radius 1 is 0.833 bits per heavy atom. The number of aryl methyl sites for hydroxylation is 1. The van der Waals surface area contributed by atoms with Gasteiger partial charge in [-0.2, -0.15) is 0 Å². The highest BCUT2D eigenvalue weighted by molar-refractivity contribution is 5.22. The summed E-state index contributed by atoms with van der Waals surface area (Å²) in [7, 11) is 0. The van der Waals surface area contributed by atoms with E-state index in [1.165, 1.54) is 18.3 Å². The van der Waals surface area contributed by atoms with Gasteiger partial charge in [-0.1, -0.05) is 51.1 Å². The second-order valence-electron chi connectivity index (χ2n) is 5.60. The monoisotopic (exact) mass is 351 g/mol. The van der Waals surface area contributed by atoms with Crippen LogP contribution in [0, 0.1) is 14.1 Å². The molecule has 0 radical (unpaired) electrons. The molecule has 0 saturated carbocycles. The zero-order valence-corrected chi connectivity index (χ0v) is 13.7. The summed E-state index contributed by atoms with van der Waals surface area (Å²) in [6.45, 7) is 8.99. The highest BCUT2D eigenvalue weighted by Gasteiger charge is 2.19. The van der Waals surface area contributed by atoms with Crippen LogP contribution in [0.3, 0.4) is 0 Å². The molecule has 0 aliphatic rings. The summed E-state index contributed by atoms with van der Waals surface area (Å²) in [5.74, 6) is 0. The van der Waals surface area contributed by atoms with Crippen molar-refractivity contribution >= 4 is 0 Å². The minimum absolute atomic E-state index is 0.0425. The molecule has 0 spiro atoms. The van der Waals surface area contributed by atoms with E-state index >= 15 is 0 Å². The van der Waals surface area contributed by atoms with Crippen LogP contribution in [0.5, 0.6) is 0 Å². The smallest absolute Gasteiger partial charge is 0.0617 e. The first-order chi connectivity index (χ1) is 8.47. The highest BCUT2D eigenvalue weighted by atomic mass is 127. The number of hydrogen-bond donors (Lipinski definition) is 0. The molecule has 0 bridgehead atoms. The molecule has 0 heterocycles. The lowest BCUT2D eigenvalue weighted by molar-refractivity contribution is -0.598. The van der Waals surface area contributed by atoms with E-state index in [-0.39, 0.29) is 26.6 Å². The van der Waals surface area contributed by atoms with Crippen LogP contribution in [0.15, 0.2) is 48.5 Å². The molecule has 1 heteroatoms. The molecule has 0 nitrogen and oxygen atoms in total. The van der Waals surface area contributed by atoms with E-state index < -0.39 is 0 Å². The molecule has 0 unspecified atom stereocenters. The van der Waals surface area contributed by atoms with Gasteiger partial charge in [-0.15, -0.1) is 0 Å². The van der Waals surface area contributed by atoms with Crippen LogP contribution in [0.25, 0.3) is 0 Å². The van der Waals surface area contributed by atoms with Crippen molar-refractivity contribution in [1.29, 1.82) is 0 Å². The van der Waals surface area contributed by atoms with E-state index in [2.05, 4.69) is 76.2 Å². The average Bonchev–Trinajstić information content (AvgIpc) is 2.32. The third-order valence-electron chi connectivity index (χ3n) is 3.00. The van der Waals surface area contributed by atoms with Gasteiger partial charge in [-0.3, -0.25) is 0 Å². The van der Waals surface area contributed by atoms with Crippen molar-refractivity contribution in [2.75, 3.05) is 0 Å². The molecule has 0 aromatic heterocycles. The molecule has 0 N–H and O–H groups in total. The highest BCUT2D eigenvalue weighted by Crippen LogP contribution is 2.20. The molecular weight excluding hydrogens is 331 g/mol. The molecule has 0 fully saturated rings. The third-order valence-corrected chi connectivity index (χ3v) is 6.13. The predicted molar refractivity (Wildman–Crippen MR) is 73.7 cm³/mol. The van der Waals surface area contributed by atoms with Crippen molar-refractivity contribution in [1.82, 2.24) is 0 Å². The maximum atomic E-state index is 2.31. The molecule has 2 rings (SSSR count). The Hall–Kier alpha value is -0.830. The van der Waals surface area contributed by atoms with Crippen molar-refractivity contribution in [3.63, 3.8) is 0 Å². The molecule has 0 aliphatic carbocycles. The van der Waals surface area contributed by atoms with Crippen molar-refractivity contribution in [3.05, 3.63) is 66.8 Å². The minimum atomic E-state index is -0.0425. The first-order valence-electron chi connectivity index (χ1n) is 6.28. The van der Waals surface area contributed by atoms with E-state index in [0.29, 0.717) is 0 Å². The van der Waals surface area contributed by atoms with Crippen molar-refractivity contribution in [2.24, 2.45) is 0 Å². The second-order valence-corrected chi connectivity index (χ2v) is 8.55. The van der Waals surface area contributed by atoms with Crippen LogP contribution in [-0.2, 0) is 5.41 Å². The standard InChI is InChI=1S/C17H20I/c1-13-7-5-6-8-16(13)18-15-11-9-14(10-12-15)17(2,3)4/h5-12H,1-4H3/q+1. The van der Waals surface area contributed by atoms with Gasteiger partial charge < -0.3 is 0 Å². The van der Waals surface area contributed by atoms with E-state index in [1.54, 1.807) is 0 Å². The van der Waals surface area contributed by atoms with Crippen LogP contribution in [0.1, 0.15) is 31.9 Å². The molecular formula is C17H20I+. The normalized spacial score (nSPS) is 11.6. The van der Waals surface area contributed by atoms with E-state index in [9.17, 15) is 0 Å². The largest absolute Gasteiger partial charge is 0.358 e. The summed E-state index contributed by atoms with van der Waals surface area (Å²) in [4.78, 5) is 0. The summed E-state index contributed by atoms with van der Waals surface area (Å²) in [6.07, 6.45) is 0. The first-order valence-corrected chi connectivity index (χ1v) is 8.43. The van der Waals surface area contributed by atoms with E-state index in [1.807, 2.05) is 0 Å². The summed E-state index contributed by atoms with van der Waals surface area (Å²) in [5.41, 5.74) is 3.09. The topological polar surface area (TPSA) is 0 Å². The van der Waals surface area contributed by atoms with Crippen LogP contribution in [-0.4, -0.2) is 0 Å². The fraction of sp³-hybridized carbons (Fsp3) is 0.294. The van der Waals surface area contributed by atoms with Gasteiger partial charge in [0.15, 0.2) is 7.14 Å². The quantitative estimate of drug-likeness (QED) is 0.718. The summed E-state index contributed by atoms with van der Waals surface area (Å²) < 4.78 is 3.02. The van der Waals surface area contributed by atoms with Gasteiger partial charge in [0.2, 0.25) is 0 Å². The van der Waals surface area contributed by atoms with Crippen LogP contribution in [0.4, 0.5) is 0 Å². The maximum Gasteiger partial charge on any atom is 0.358 e. The molecule has 94 valence electrons. The van der Waals surface area contributed by atoms with Gasteiger partial charge in [-0.25, -0.2) is 0 Å². The second kappa shape index (κ2) is 5.43. The fourth-order valence-corrected chi connectivity index (χ4v) is 4.17. The number of benzene rings is 2. The Balaban J connectivity index is 2.19. The van der Waals surface area contributed by atoms with Crippen molar-refractivity contribution in [3.8, 4) is 0 Å². The number of hydrogen-bond acceptors (Lipinski definition) is 0. The SMILES string of the molecule is Cc1ccccc1[I+]c1ccc(C(C)(C)C)cc1. The van der Waals surface area contributed by atoms with Crippen LogP contribution in [0.2, 0.25) is 0 Å². The zero-order chi connectivity index (χ0) is 13.2. The lowest BCUT2D eigenvalue weighted by Crippen LogP contribution is -3.61. The molecule has 0 atom stereocenters. The summed E-state index contributed by atoms with van der Waals surface area (Å²) in [6, 6.07) is 17.9. The lowest BCUT2D eigenvalue weighted by atomic mass is 9.87. The molecule has 0 amide bonds. The van der Waals surface area contributed by atoms with Crippen LogP contribution >= 0.6 is 0 Å². The van der Waals surface area contributed by atoms with Gasteiger partial charge in [0.1, 0.15) is 0 Å². The number of halogens is 1. The van der Waals surface area contributed by atoms with Crippen molar-refractivity contribution in [2.45, 2.75) is 33.1 Å². The van der Waals surface area contributed by atoms with Gasteiger partial charge in [0.25, 0.3) is 0 Å². The van der Waals surface area contributed by atoms with E-state index in [4.69, 9.17) is 0 Å². The Bertz CT molecular complexity index is 518. The van der Waals surface area contributed by atoms with Gasteiger partial charge in [0, 0.05) is 5.56 Å². The molecule has 2 aromatic rings. The molecule has 18 heavy (non-hydrogen) atoms. The van der Waals surface area contributed by atoms with Gasteiger partial charge in [-0.05, 0) is 36.1 Å². The Morgan fingerprint density at radius 2 is 1.44 bits per heavy atom. The summed E-state index contributed by atoms with van der Waals surface area (Å²) in [5, 5.41) is 0. The van der Waals surface area contributed by atoms with Crippen LogP contribution < -0.4 is 21.2 Å². The van der Waals surface area contributed by atoms with Gasteiger partial charge in [0.05, 0.1) is 0 Å². The average molecular weight is 351 g/mol. The Kier molecular flexibility index (Phi) is 4.10. The zero-order valence-electron chi connectivity index (χ0n) is 11.5. The first kappa shape index (κ1) is 13.6. The summed E-state index contributed by atoms with van der Waals surface area (Å²) >= 11 is -0.0425. The molecule has 0 aliphatic heterocycles. The minimum Gasteiger partial charge on any atom is -0.0617 e. The third kappa shape index (κ3) is 3.35. The van der Waals surface area contributed by atoms with Gasteiger partial charge >= 0.3 is 21.2 Å². The Morgan fingerprint density at radius 3 is 2.00 bits per heavy atom. The fourth-order valence-electron chi connectivity index (χ4n) is 1.79. The lowest BCUT2D eigenvalue weighted by Gasteiger charge is -2.18. The molecule has 0 saturated heterocycles. The number of rotatable bonds is 2. The maximum absolute atomic E-state index is 2.31. The molecule has 2 aromatic carbocycles. The van der Waals surface area contributed by atoms with Crippen molar-refractivity contribution < 1.29 is 21.2 Å². The Labute approximate surface area is 121 Å². The predicted octanol–water partition coefficient (Wildman–Crippen LogP) is 1.42. The van der Waals surface area contributed by atoms with E-state index in [0.717, 1.165) is 0 Å².